The first-order chi connectivity index (χ1) is 7.22. The molecule has 1 aromatic heterocycles. The maximum Gasteiger partial charge on any atom is 0.307 e. The molecule has 0 fully saturated rings. The SMILES string of the molecule is CCn1ccc2cccc(CC(=O)O)c21. The molecule has 0 radical (unpaired) electrons. The van der Waals surface area contributed by atoms with Crippen LogP contribution in [0, 0.1) is 0 Å². The van der Waals surface area contributed by atoms with E-state index in [0.717, 1.165) is 23.0 Å². The quantitative estimate of drug-likeness (QED) is 0.831. The van der Waals surface area contributed by atoms with Crippen molar-refractivity contribution in [2.75, 3.05) is 0 Å². The number of carboxylic acids is 1. The third-order valence-electron chi connectivity index (χ3n) is 2.55. The maximum absolute atomic E-state index is 10.7. The lowest BCUT2D eigenvalue weighted by atomic mass is 10.1. The Morgan fingerprint density at radius 2 is 2.20 bits per heavy atom. The number of aromatic nitrogens is 1. The molecule has 78 valence electrons. The van der Waals surface area contributed by atoms with Crippen molar-refractivity contribution in [3.05, 3.63) is 36.0 Å². The molecule has 0 aliphatic rings. The van der Waals surface area contributed by atoms with Crippen molar-refractivity contribution in [1.29, 1.82) is 0 Å². The number of carbonyl (C=O) groups is 1. The number of fused-ring (bicyclic) bond motifs is 1. The topological polar surface area (TPSA) is 42.2 Å². The predicted octanol–water partition coefficient (Wildman–Crippen LogP) is 2.29. The van der Waals surface area contributed by atoms with Gasteiger partial charge in [0.15, 0.2) is 0 Å². The number of hydrogen-bond acceptors (Lipinski definition) is 1. The molecule has 2 rings (SSSR count). The van der Waals surface area contributed by atoms with Gasteiger partial charge in [-0.2, -0.15) is 0 Å². The summed E-state index contributed by atoms with van der Waals surface area (Å²) in [4.78, 5) is 10.7. The number of aryl methyl sites for hydroxylation is 1. The number of para-hydroxylation sites is 1. The van der Waals surface area contributed by atoms with Crippen LogP contribution in [0.3, 0.4) is 0 Å². The second-order valence-electron chi connectivity index (χ2n) is 3.53. The van der Waals surface area contributed by atoms with E-state index in [-0.39, 0.29) is 6.42 Å². The van der Waals surface area contributed by atoms with E-state index >= 15 is 0 Å². The fourth-order valence-corrected chi connectivity index (χ4v) is 1.91. The van der Waals surface area contributed by atoms with Gasteiger partial charge in [0.25, 0.3) is 0 Å². The molecular formula is C12H13NO2. The zero-order valence-electron chi connectivity index (χ0n) is 8.60. The summed E-state index contributed by atoms with van der Waals surface area (Å²) in [6.07, 6.45) is 2.08. The average molecular weight is 203 g/mol. The van der Waals surface area contributed by atoms with Gasteiger partial charge in [-0.25, -0.2) is 0 Å². The van der Waals surface area contributed by atoms with Crippen LogP contribution in [0.4, 0.5) is 0 Å². The van der Waals surface area contributed by atoms with Gasteiger partial charge in [-0.15, -0.1) is 0 Å². The Morgan fingerprint density at radius 3 is 2.87 bits per heavy atom. The normalized spacial score (nSPS) is 10.7. The van der Waals surface area contributed by atoms with Crippen LogP contribution in [0.25, 0.3) is 10.9 Å². The maximum atomic E-state index is 10.7. The molecule has 0 unspecified atom stereocenters. The van der Waals surface area contributed by atoms with Gasteiger partial charge in [-0.3, -0.25) is 4.79 Å². The fourth-order valence-electron chi connectivity index (χ4n) is 1.91. The van der Waals surface area contributed by atoms with Gasteiger partial charge in [-0.05, 0) is 23.9 Å². The Hall–Kier alpha value is -1.77. The monoisotopic (exact) mass is 203 g/mol. The van der Waals surface area contributed by atoms with E-state index in [1.807, 2.05) is 30.5 Å². The highest BCUT2D eigenvalue weighted by molar-refractivity contribution is 5.86. The number of rotatable bonds is 3. The summed E-state index contributed by atoms with van der Waals surface area (Å²) < 4.78 is 2.08. The number of nitrogens with zero attached hydrogens (tertiary/aromatic N) is 1. The molecule has 3 heteroatoms. The van der Waals surface area contributed by atoms with Crippen LogP contribution in [0.2, 0.25) is 0 Å². The van der Waals surface area contributed by atoms with Crippen LogP contribution in [0.1, 0.15) is 12.5 Å². The van der Waals surface area contributed by atoms with Crippen molar-refractivity contribution < 1.29 is 9.90 Å². The van der Waals surface area contributed by atoms with Crippen molar-refractivity contribution in [3.8, 4) is 0 Å². The van der Waals surface area contributed by atoms with E-state index in [9.17, 15) is 4.79 Å². The zero-order valence-corrected chi connectivity index (χ0v) is 8.60. The molecule has 1 aromatic carbocycles. The van der Waals surface area contributed by atoms with Gasteiger partial charge < -0.3 is 9.67 Å². The first kappa shape index (κ1) is 9.77. The lowest BCUT2D eigenvalue weighted by Crippen LogP contribution is -2.03. The van der Waals surface area contributed by atoms with Crippen molar-refractivity contribution in [2.45, 2.75) is 19.9 Å². The molecule has 0 atom stereocenters. The highest BCUT2D eigenvalue weighted by Gasteiger charge is 2.08. The molecule has 0 spiro atoms. The second kappa shape index (κ2) is 3.77. The molecule has 0 amide bonds. The number of benzene rings is 1. The summed E-state index contributed by atoms with van der Waals surface area (Å²) >= 11 is 0. The van der Waals surface area contributed by atoms with E-state index in [2.05, 4.69) is 11.5 Å². The summed E-state index contributed by atoms with van der Waals surface area (Å²) in [6, 6.07) is 7.81. The zero-order chi connectivity index (χ0) is 10.8. The van der Waals surface area contributed by atoms with Crippen LogP contribution in [-0.4, -0.2) is 15.6 Å². The summed E-state index contributed by atoms with van der Waals surface area (Å²) in [7, 11) is 0. The molecule has 0 aliphatic heterocycles. The van der Waals surface area contributed by atoms with Crippen LogP contribution in [0.15, 0.2) is 30.5 Å². The Bertz CT molecular complexity index is 499. The lowest BCUT2D eigenvalue weighted by molar-refractivity contribution is -0.136. The van der Waals surface area contributed by atoms with Gasteiger partial charge in [0.05, 0.1) is 11.9 Å². The van der Waals surface area contributed by atoms with Crippen molar-refractivity contribution >= 4 is 16.9 Å². The predicted molar refractivity (Wildman–Crippen MR) is 59.0 cm³/mol. The third-order valence-corrected chi connectivity index (χ3v) is 2.55. The Balaban J connectivity index is 2.61. The summed E-state index contributed by atoms with van der Waals surface area (Å²) in [5.74, 6) is -0.786. The van der Waals surface area contributed by atoms with Crippen molar-refractivity contribution in [1.82, 2.24) is 4.57 Å². The van der Waals surface area contributed by atoms with E-state index in [4.69, 9.17) is 5.11 Å². The van der Waals surface area contributed by atoms with Gasteiger partial charge in [0, 0.05) is 12.7 Å². The number of carboxylic acid groups (broad SMARTS) is 1. The first-order valence-corrected chi connectivity index (χ1v) is 5.01. The molecule has 0 bridgehead atoms. The van der Waals surface area contributed by atoms with E-state index in [1.165, 1.54) is 0 Å². The standard InChI is InChI=1S/C12H13NO2/c1-2-13-7-6-9-4-3-5-10(12(9)13)8-11(14)15/h3-7H,2,8H2,1H3,(H,14,15). The van der Waals surface area contributed by atoms with Crippen LogP contribution < -0.4 is 0 Å². The van der Waals surface area contributed by atoms with Gasteiger partial charge in [-0.1, -0.05) is 18.2 Å². The Kier molecular flexibility index (Phi) is 2.46. The molecule has 0 saturated carbocycles. The molecule has 1 heterocycles. The van der Waals surface area contributed by atoms with E-state index < -0.39 is 5.97 Å². The van der Waals surface area contributed by atoms with Crippen molar-refractivity contribution in [3.63, 3.8) is 0 Å². The molecule has 1 N–H and O–H groups in total. The molecule has 2 aromatic rings. The minimum absolute atomic E-state index is 0.0847. The second-order valence-corrected chi connectivity index (χ2v) is 3.53. The fraction of sp³-hybridized carbons (Fsp3) is 0.250. The minimum Gasteiger partial charge on any atom is -0.481 e. The number of hydrogen-bond donors (Lipinski definition) is 1. The van der Waals surface area contributed by atoms with Crippen LogP contribution in [0.5, 0.6) is 0 Å². The van der Waals surface area contributed by atoms with Crippen molar-refractivity contribution in [2.24, 2.45) is 0 Å². The third kappa shape index (κ3) is 1.73. The summed E-state index contributed by atoms with van der Waals surface area (Å²) in [5, 5.41) is 9.93. The van der Waals surface area contributed by atoms with Gasteiger partial charge >= 0.3 is 5.97 Å². The number of aliphatic carboxylic acids is 1. The van der Waals surface area contributed by atoms with Gasteiger partial charge in [0.1, 0.15) is 0 Å². The molecule has 0 aliphatic carbocycles. The summed E-state index contributed by atoms with van der Waals surface area (Å²) in [6.45, 7) is 2.91. The Morgan fingerprint density at radius 1 is 1.40 bits per heavy atom. The Labute approximate surface area is 87.9 Å². The molecule has 15 heavy (non-hydrogen) atoms. The molecule has 0 saturated heterocycles. The van der Waals surface area contributed by atoms with E-state index in [1.54, 1.807) is 0 Å². The highest BCUT2D eigenvalue weighted by Crippen LogP contribution is 2.20. The highest BCUT2D eigenvalue weighted by atomic mass is 16.4. The van der Waals surface area contributed by atoms with E-state index in [0.29, 0.717) is 0 Å². The smallest absolute Gasteiger partial charge is 0.307 e. The van der Waals surface area contributed by atoms with Crippen LogP contribution in [-0.2, 0) is 17.8 Å². The molecular weight excluding hydrogens is 190 g/mol. The largest absolute Gasteiger partial charge is 0.481 e. The summed E-state index contributed by atoms with van der Waals surface area (Å²) in [5.41, 5.74) is 1.93. The van der Waals surface area contributed by atoms with Gasteiger partial charge in [0.2, 0.25) is 0 Å². The van der Waals surface area contributed by atoms with Crippen LogP contribution >= 0.6 is 0 Å². The average Bonchev–Trinajstić information content (AvgIpc) is 2.61. The lowest BCUT2D eigenvalue weighted by Gasteiger charge is -2.05. The molecule has 3 nitrogen and oxygen atoms in total. The first-order valence-electron chi connectivity index (χ1n) is 5.01. The minimum atomic E-state index is -0.786.